The van der Waals surface area contributed by atoms with Crippen LogP contribution in [-0.4, -0.2) is 86.7 Å². The molecule has 1 aromatic rings. The number of carbonyl (C=O) groups excluding carboxylic acids is 1. The van der Waals surface area contributed by atoms with E-state index in [9.17, 15) is 18.0 Å². The van der Waals surface area contributed by atoms with Gasteiger partial charge in [-0.25, -0.2) is 0 Å². The minimum Gasteiger partial charge on any atom is -0.375 e. The van der Waals surface area contributed by atoms with Gasteiger partial charge in [-0.1, -0.05) is 18.2 Å². The van der Waals surface area contributed by atoms with Crippen LogP contribution >= 0.6 is 0 Å². The van der Waals surface area contributed by atoms with Crippen molar-refractivity contribution in [2.24, 2.45) is 0 Å². The highest BCUT2D eigenvalue weighted by Crippen LogP contribution is 2.32. The molecule has 5 nitrogen and oxygen atoms in total. The van der Waals surface area contributed by atoms with Gasteiger partial charge in [0.15, 0.2) is 0 Å². The summed E-state index contributed by atoms with van der Waals surface area (Å²) >= 11 is 0. The summed E-state index contributed by atoms with van der Waals surface area (Å²) in [6.07, 6.45) is -2.43. The van der Waals surface area contributed by atoms with Gasteiger partial charge in [0.05, 0.1) is 0 Å². The van der Waals surface area contributed by atoms with Crippen molar-refractivity contribution < 1.29 is 18.0 Å². The monoisotopic (exact) mass is 382 g/mol. The number of hydrogen-bond acceptors (Lipinski definition) is 5. The van der Waals surface area contributed by atoms with E-state index in [-0.39, 0.29) is 13.1 Å². The fourth-order valence-corrected chi connectivity index (χ4v) is 3.64. The average Bonchev–Trinajstić information content (AvgIpc) is 2.63. The Morgan fingerprint density at radius 2 is 1.67 bits per heavy atom. The summed E-state index contributed by atoms with van der Waals surface area (Å²) in [6, 6.07) is 6.34. The lowest BCUT2D eigenvalue weighted by Gasteiger charge is -2.41. The van der Waals surface area contributed by atoms with E-state index in [1.165, 1.54) is 0 Å². The van der Waals surface area contributed by atoms with Crippen molar-refractivity contribution in [2.45, 2.75) is 12.3 Å². The lowest BCUT2D eigenvalue weighted by molar-refractivity contribution is -0.257. The Hall–Kier alpha value is -2.06. The second-order valence-corrected chi connectivity index (χ2v) is 7.08. The average molecular weight is 382 g/mol. The molecule has 0 saturated carbocycles. The number of hydrogen-bond donors (Lipinski definition) is 0. The van der Waals surface area contributed by atoms with Crippen molar-refractivity contribution in [1.29, 1.82) is 0 Å². The van der Waals surface area contributed by atoms with E-state index in [1.54, 1.807) is 18.0 Å². The van der Waals surface area contributed by atoms with Crippen LogP contribution in [0.1, 0.15) is 5.56 Å². The molecule has 0 amide bonds. The smallest absolute Gasteiger partial charge is 0.375 e. The van der Waals surface area contributed by atoms with Gasteiger partial charge in [-0.3, -0.25) is 0 Å². The third-order valence-electron chi connectivity index (χ3n) is 5.29. The molecule has 0 aromatic heterocycles. The molecule has 2 aliphatic rings. The number of carbonyl (C=O) groups is 1. The van der Waals surface area contributed by atoms with Gasteiger partial charge in [0.2, 0.25) is 0 Å². The highest BCUT2D eigenvalue weighted by Gasteiger charge is 2.46. The van der Waals surface area contributed by atoms with Crippen molar-refractivity contribution in [3.63, 3.8) is 0 Å². The lowest BCUT2D eigenvalue weighted by Crippen LogP contribution is -2.56. The Balaban J connectivity index is 1.95. The number of aldehydes is 1. The van der Waals surface area contributed by atoms with Crippen LogP contribution < -0.4 is 4.90 Å². The first-order chi connectivity index (χ1) is 12.8. The number of rotatable bonds is 3. The Bertz CT molecular complexity index is 698. The topological polar surface area (TPSA) is 30.0 Å². The third kappa shape index (κ3) is 4.27. The van der Waals surface area contributed by atoms with Crippen LogP contribution in [0.5, 0.6) is 0 Å². The van der Waals surface area contributed by atoms with Crippen molar-refractivity contribution in [3.05, 3.63) is 35.5 Å². The van der Waals surface area contributed by atoms with Crippen LogP contribution in [0.2, 0.25) is 0 Å². The number of anilines is 1. The number of likely N-dealkylation sites (N-methyl/N-ethyl adjacent to an activating group) is 2. The van der Waals surface area contributed by atoms with Gasteiger partial charge in [-0.05, 0) is 24.8 Å². The Morgan fingerprint density at radius 1 is 1.00 bits per heavy atom. The van der Waals surface area contributed by atoms with E-state index in [1.807, 2.05) is 24.3 Å². The van der Waals surface area contributed by atoms with Gasteiger partial charge < -0.3 is 19.5 Å². The maximum absolute atomic E-state index is 13.3. The van der Waals surface area contributed by atoms with Crippen LogP contribution in [0.3, 0.4) is 0 Å². The molecule has 3 rings (SSSR count). The predicted molar refractivity (Wildman–Crippen MR) is 99.4 cm³/mol. The maximum atomic E-state index is 13.3. The summed E-state index contributed by atoms with van der Waals surface area (Å²) < 4.78 is 40.0. The van der Waals surface area contributed by atoms with Crippen molar-refractivity contribution in [1.82, 2.24) is 14.7 Å². The number of alkyl halides is 3. The molecule has 27 heavy (non-hydrogen) atoms. The molecule has 0 spiro atoms. The van der Waals surface area contributed by atoms with Gasteiger partial charge in [0.25, 0.3) is 0 Å². The van der Waals surface area contributed by atoms with Crippen molar-refractivity contribution in [2.75, 3.05) is 58.3 Å². The second kappa shape index (κ2) is 7.90. The van der Waals surface area contributed by atoms with Crippen molar-refractivity contribution in [3.8, 4) is 0 Å². The molecular weight excluding hydrogens is 357 g/mol. The zero-order chi connectivity index (χ0) is 19.6. The van der Waals surface area contributed by atoms with Gasteiger partial charge in [-0.2, -0.15) is 18.1 Å². The SMILES string of the molecule is CN1CCN(c2ccccc2C=C2C(C=O)N(C(F)(F)F)CCN2C)CC1. The molecule has 1 aromatic carbocycles. The number of benzene rings is 1. The summed E-state index contributed by atoms with van der Waals surface area (Å²) in [5, 5.41) is 0. The summed E-state index contributed by atoms with van der Waals surface area (Å²) in [5.41, 5.74) is 2.19. The van der Waals surface area contributed by atoms with Gasteiger partial charge in [0, 0.05) is 57.7 Å². The molecule has 2 aliphatic heterocycles. The van der Waals surface area contributed by atoms with Crippen LogP contribution in [-0.2, 0) is 4.79 Å². The van der Waals surface area contributed by atoms with Crippen LogP contribution in [0.15, 0.2) is 30.0 Å². The van der Waals surface area contributed by atoms with E-state index in [0.717, 1.165) is 37.4 Å². The van der Waals surface area contributed by atoms with E-state index in [0.29, 0.717) is 16.9 Å². The molecular formula is C19H25F3N4O. The highest BCUT2D eigenvalue weighted by atomic mass is 19.4. The highest BCUT2D eigenvalue weighted by molar-refractivity contribution is 5.74. The first kappa shape index (κ1) is 19.7. The first-order valence-corrected chi connectivity index (χ1v) is 9.05. The van der Waals surface area contributed by atoms with Gasteiger partial charge in [0.1, 0.15) is 12.3 Å². The number of para-hydroxylation sites is 1. The third-order valence-corrected chi connectivity index (χ3v) is 5.29. The van der Waals surface area contributed by atoms with Gasteiger partial charge >= 0.3 is 6.30 Å². The molecule has 2 heterocycles. The van der Waals surface area contributed by atoms with Crippen molar-refractivity contribution >= 4 is 18.0 Å². The summed E-state index contributed by atoms with van der Waals surface area (Å²) in [4.78, 5) is 18.1. The standard InChI is InChI=1S/C19H25F3N4O/c1-23-7-10-25(11-8-23)16-6-4-3-5-15(16)13-17-18(14-27)26(19(20,21)22)12-9-24(17)2/h3-6,13-14,18H,7-12H2,1-2H3. The molecule has 2 saturated heterocycles. The summed E-state index contributed by atoms with van der Waals surface area (Å²) in [5.74, 6) is 0. The Morgan fingerprint density at radius 3 is 2.30 bits per heavy atom. The van der Waals surface area contributed by atoms with Crippen LogP contribution in [0.4, 0.5) is 18.9 Å². The zero-order valence-corrected chi connectivity index (χ0v) is 15.6. The molecule has 2 fully saturated rings. The normalized spacial score (nSPS) is 24.5. The first-order valence-electron chi connectivity index (χ1n) is 9.05. The molecule has 148 valence electrons. The predicted octanol–water partition coefficient (Wildman–Crippen LogP) is 2.11. The summed E-state index contributed by atoms with van der Waals surface area (Å²) in [6.45, 7) is 3.58. The van der Waals surface area contributed by atoms with Crippen LogP contribution in [0, 0.1) is 0 Å². The molecule has 0 aliphatic carbocycles. The number of nitrogens with zero attached hydrogens (tertiary/aromatic N) is 4. The van der Waals surface area contributed by atoms with Crippen LogP contribution in [0.25, 0.3) is 6.08 Å². The molecule has 0 radical (unpaired) electrons. The fourth-order valence-electron chi connectivity index (χ4n) is 3.64. The molecule has 1 atom stereocenters. The largest absolute Gasteiger partial charge is 0.460 e. The minimum absolute atomic E-state index is 0.215. The molecule has 1 unspecified atom stereocenters. The zero-order valence-electron chi connectivity index (χ0n) is 15.6. The molecule has 0 bridgehead atoms. The van der Waals surface area contributed by atoms with E-state index in [4.69, 9.17) is 0 Å². The Kier molecular flexibility index (Phi) is 5.76. The molecule has 8 heteroatoms. The number of halogens is 3. The van der Waals surface area contributed by atoms with E-state index in [2.05, 4.69) is 16.8 Å². The maximum Gasteiger partial charge on any atom is 0.460 e. The Labute approximate surface area is 157 Å². The lowest BCUT2D eigenvalue weighted by atomic mass is 10.0. The minimum atomic E-state index is -4.54. The number of piperazine rings is 2. The summed E-state index contributed by atoms with van der Waals surface area (Å²) in [7, 11) is 3.80. The van der Waals surface area contributed by atoms with E-state index >= 15 is 0 Å². The molecule has 0 N–H and O–H groups in total. The fraction of sp³-hybridized carbons (Fsp3) is 0.526. The second-order valence-electron chi connectivity index (χ2n) is 7.08. The van der Waals surface area contributed by atoms with Gasteiger partial charge in [-0.15, -0.1) is 0 Å². The van der Waals surface area contributed by atoms with E-state index < -0.39 is 12.3 Å². The quantitative estimate of drug-likeness (QED) is 0.590.